The molecule has 1 saturated heterocycles. The molecule has 134 valence electrons. The van der Waals surface area contributed by atoms with Crippen LogP contribution in [0.25, 0.3) is 0 Å². The quantitative estimate of drug-likeness (QED) is 0.806. The highest BCUT2D eigenvalue weighted by atomic mass is 35.5. The van der Waals surface area contributed by atoms with Gasteiger partial charge < -0.3 is 24.6 Å². The molecule has 24 heavy (non-hydrogen) atoms. The van der Waals surface area contributed by atoms with E-state index in [9.17, 15) is 15.0 Å². The van der Waals surface area contributed by atoms with Gasteiger partial charge in [0.15, 0.2) is 6.29 Å². The standard InChI is InChI=1S/C16H23ClN2O5/c1-16(2,3)24-15(22)19-8-5-10(6-9-19)23-13-12(17)11(14(20)21)4-7-18-13/h4,7,10,14,20-21H,5-6,8-9H2,1-3H3. The Labute approximate surface area is 146 Å². The number of ether oxygens (including phenoxy) is 2. The lowest BCUT2D eigenvalue weighted by molar-refractivity contribution is -0.0427. The van der Waals surface area contributed by atoms with Crippen molar-refractivity contribution in [3.63, 3.8) is 0 Å². The number of piperidine rings is 1. The van der Waals surface area contributed by atoms with Gasteiger partial charge in [0.2, 0.25) is 5.88 Å². The third-order valence-electron chi connectivity index (χ3n) is 3.54. The summed E-state index contributed by atoms with van der Waals surface area (Å²) in [5.74, 6) is 0.165. The summed E-state index contributed by atoms with van der Waals surface area (Å²) < 4.78 is 11.1. The number of aromatic nitrogens is 1. The number of hydrogen-bond donors (Lipinski definition) is 2. The Balaban J connectivity index is 1.92. The number of nitrogens with zero attached hydrogens (tertiary/aromatic N) is 2. The molecule has 8 heteroatoms. The Hall–Kier alpha value is -1.57. The number of carbonyl (C=O) groups is 1. The van der Waals surface area contributed by atoms with Crippen LogP contribution in [-0.2, 0) is 4.74 Å². The molecule has 1 aliphatic heterocycles. The summed E-state index contributed by atoms with van der Waals surface area (Å²) >= 11 is 6.08. The number of rotatable bonds is 3. The molecule has 0 atom stereocenters. The molecular weight excluding hydrogens is 336 g/mol. The van der Waals surface area contributed by atoms with Crippen LogP contribution in [0.15, 0.2) is 12.3 Å². The summed E-state index contributed by atoms with van der Waals surface area (Å²) in [4.78, 5) is 17.7. The first-order valence-electron chi connectivity index (χ1n) is 7.82. The van der Waals surface area contributed by atoms with Crippen LogP contribution in [0.1, 0.15) is 45.5 Å². The first-order chi connectivity index (χ1) is 11.2. The van der Waals surface area contributed by atoms with Gasteiger partial charge in [-0.2, -0.15) is 0 Å². The lowest BCUT2D eigenvalue weighted by Crippen LogP contribution is -2.44. The molecule has 2 rings (SSSR count). The molecule has 2 heterocycles. The molecule has 0 unspecified atom stereocenters. The minimum absolute atomic E-state index is 0.0853. The molecule has 1 aromatic rings. The molecule has 0 radical (unpaired) electrons. The summed E-state index contributed by atoms with van der Waals surface area (Å²) in [7, 11) is 0. The zero-order valence-electron chi connectivity index (χ0n) is 14.0. The smallest absolute Gasteiger partial charge is 0.410 e. The van der Waals surface area contributed by atoms with E-state index >= 15 is 0 Å². The third kappa shape index (κ3) is 4.96. The highest BCUT2D eigenvalue weighted by Crippen LogP contribution is 2.31. The zero-order chi connectivity index (χ0) is 17.9. The van der Waals surface area contributed by atoms with Crippen LogP contribution in [0.5, 0.6) is 5.88 Å². The van der Waals surface area contributed by atoms with Crippen molar-refractivity contribution in [2.75, 3.05) is 13.1 Å². The number of carbonyl (C=O) groups excluding carboxylic acids is 1. The number of likely N-dealkylation sites (tertiary alicyclic amines) is 1. The maximum Gasteiger partial charge on any atom is 0.410 e. The van der Waals surface area contributed by atoms with E-state index in [2.05, 4.69) is 4.98 Å². The van der Waals surface area contributed by atoms with Crippen molar-refractivity contribution in [2.45, 2.75) is 51.6 Å². The van der Waals surface area contributed by atoms with Crippen LogP contribution >= 0.6 is 11.6 Å². The SMILES string of the molecule is CC(C)(C)OC(=O)N1CCC(Oc2nccc(C(O)O)c2Cl)CC1. The van der Waals surface area contributed by atoms with Gasteiger partial charge in [-0.1, -0.05) is 11.6 Å². The van der Waals surface area contributed by atoms with Crippen LogP contribution in [0.3, 0.4) is 0 Å². The van der Waals surface area contributed by atoms with Gasteiger partial charge in [0, 0.05) is 37.7 Å². The van der Waals surface area contributed by atoms with Crippen molar-refractivity contribution in [1.82, 2.24) is 9.88 Å². The van der Waals surface area contributed by atoms with Crippen LogP contribution in [0.4, 0.5) is 4.79 Å². The Bertz CT molecular complexity index is 580. The van der Waals surface area contributed by atoms with Crippen molar-refractivity contribution < 1.29 is 24.5 Å². The summed E-state index contributed by atoms with van der Waals surface area (Å²) in [6.45, 7) is 6.52. The molecule has 0 saturated carbocycles. The number of aliphatic hydroxyl groups is 2. The fourth-order valence-electron chi connectivity index (χ4n) is 2.36. The number of amides is 1. The molecular formula is C16H23ClN2O5. The van der Waals surface area contributed by atoms with E-state index in [1.165, 1.54) is 12.3 Å². The lowest BCUT2D eigenvalue weighted by Gasteiger charge is -2.33. The van der Waals surface area contributed by atoms with E-state index in [4.69, 9.17) is 21.1 Å². The first kappa shape index (κ1) is 18.8. The van der Waals surface area contributed by atoms with E-state index in [1.807, 2.05) is 20.8 Å². The monoisotopic (exact) mass is 358 g/mol. The normalized spacial score (nSPS) is 16.4. The number of halogens is 1. The van der Waals surface area contributed by atoms with E-state index < -0.39 is 11.9 Å². The fraction of sp³-hybridized carbons (Fsp3) is 0.625. The first-order valence-corrected chi connectivity index (χ1v) is 8.20. The van der Waals surface area contributed by atoms with E-state index in [1.54, 1.807) is 4.90 Å². The summed E-state index contributed by atoms with van der Waals surface area (Å²) in [6, 6.07) is 1.42. The van der Waals surface area contributed by atoms with Gasteiger partial charge in [-0.15, -0.1) is 0 Å². The van der Waals surface area contributed by atoms with Gasteiger partial charge in [0.05, 0.1) is 0 Å². The van der Waals surface area contributed by atoms with E-state index in [-0.39, 0.29) is 28.7 Å². The van der Waals surface area contributed by atoms with Crippen molar-refractivity contribution in [1.29, 1.82) is 0 Å². The molecule has 0 spiro atoms. The number of pyridine rings is 1. The van der Waals surface area contributed by atoms with Gasteiger partial charge in [-0.25, -0.2) is 9.78 Å². The molecule has 1 amide bonds. The zero-order valence-corrected chi connectivity index (χ0v) is 14.8. The Morgan fingerprint density at radius 2 is 2.00 bits per heavy atom. The molecule has 7 nitrogen and oxygen atoms in total. The Morgan fingerprint density at radius 1 is 1.38 bits per heavy atom. The molecule has 1 aliphatic rings. The van der Waals surface area contributed by atoms with Gasteiger partial charge in [-0.05, 0) is 26.8 Å². The molecule has 1 fully saturated rings. The molecule has 2 N–H and O–H groups in total. The predicted octanol–water partition coefficient (Wildman–Crippen LogP) is 2.50. The second kappa shape index (κ2) is 7.55. The van der Waals surface area contributed by atoms with Crippen LogP contribution in [-0.4, -0.2) is 51.0 Å². The second-order valence-electron chi connectivity index (χ2n) is 6.68. The Kier molecular flexibility index (Phi) is 5.90. The van der Waals surface area contributed by atoms with Crippen molar-refractivity contribution in [3.05, 3.63) is 22.8 Å². The van der Waals surface area contributed by atoms with Crippen molar-refractivity contribution in [3.8, 4) is 5.88 Å². The van der Waals surface area contributed by atoms with Crippen molar-refractivity contribution >= 4 is 17.7 Å². The van der Waals surface area contributed by atoms with Crippen LogP contribution < -0.4 is 4.74 Å². The average molecular weight is 359 g/mol. The molecule has 0 aromatic carbocycles. The summed E-state index contributed by atoms with van der Waals surface area (Å²) in [5.41, 5.74) is -0.374. The van der Waals surface area contributed by atoms with E-state index in [0.717, 1.165) is 0 Å². The molecule has 0 aliphatic carbocycles. The maximum atomic E-state index is 12.0. The minimum atomic E-state index is -1.68. The third-order valence-corrected chi connectivity index (χ3v) is 3.92. The fourth-order valence-corrected chi connectivity index (χ4v) is 2.61. The lowest BCUT2D eigenvalue weighted by atomic mass is 10.1. The Morgan fingerprint density at radius 3 is 2.54 bits per heavy atom. The average Bonchev–Trinajstić information content (AvgIpc) is 2.48. The van der Waals surface area contributed by atoms with E-state index in [0.29, 0.717) is 25.9 Å². The van der Waals surface area contributed by atoms with Gasteiger partial charge in [0.25, 0.3) is 0 Å². The van der Waals surface area contributed by atoms with Crippen LogP contribution in [0.2, 0.25) is 5.02 Å². The highest BCUT2D eigenvalue weighted by molar-refractivity contribution is 6.32. The minimum Gasteiger partial charge on any atom is -0.473 e. The van der Waals surface area contributed by atoms with Gasteiger partial charge in [-0.3, -0.25) is 0 Å². The largest absolute Gasteiger partial charge is 0.473 e. The molecule has 1 aromatic heterocycles. The van der Waals surface area contributed by atoms with Crippen LogP contribution in [0, 0.1) is 0 Å². The predicted molar refractivity (Wildman–Crippen MR) is 87.9 cm³/mol. The summed E-state index contributed by atoms with van der Waals surface area (Å²) in [5, 5.41) is 18.6. The second-order valence-corrected chi connectivity index (χ2v) is 7.06. The topological polar surface area (TPSA) is 92.1 Å². The number of aliphatic hydroxyl groups excluding tert-OH is 1. The molecule has 0 bridgehead atoms. The van der Waals surface area contributed by atoms with Crippen molar-refractivity contribution in [2.24, 2.45) is 0 Å². The van der Waals surface area contributed by atoms with Gasteiger partial charge >= 0.3 is 6.09 Å². The maximum absolute atomic E-state index is 12.0. The highest BCUT2D eigenvalue weighted by Gasteiger charge is 2.28. The number of hydrogen-bond acceptors (Lipinski definition) is 6. The summed E-state index contributed by atoms with van der Waals surface area (Å²) in [6.07, 6.45) is 0.470. The van der Waals surface area contributed by atoms with Gasteiger partial charge in [0.1, 0.15) is 16.7 Å².